The van der Waals surface area contributed by atoms with E-state index in [-0.39, 0.29) is 5.69 Å². The van der Waals surface area contributed by atoms with Gasteiger partial charge >= 0.3 is 0 Å². The van der Waals surface area contributed by atoms with E-state index >= 15 is 0 Å². The molecular weight excluding hydrogens is 279 g/mol. The molecule has 20 heavy (non-hydrogen) atoms. The van der Waals surface area contributed by atoms with Crippen LogP contribution in [0.5, 0.6) is 0 Å². The molecule has 6 heteroatoms. The SMILES string of the molecule is CSC1CCCCC1NCc1cc(F)cc([N+](=O)[O-])c1. The zero-order valence-electron chi connectivity index (χ0n) is 11.5. The highest BCUT2D eigenvalue weighted by atomic mass is 32.2. The number of nitrogens with zero attached hydrogens (tertiary/aromatic N) is 1. The van der Waals surface area contributed by atoms with E-state index in [1.54, 1.807) is 0 Å². The number of non-ortho nitro benzene ring substituents is 1. The van der Waals surface area contributed by atoms with E-state index in [4.69, 9.17) is 0 Å². The molecule has 1 saturated carbocycles. The van der Waals surface area contributed by atoms with Crippen LogP contribution in [0, 0.1) is 15.9 Å². The second kappa shape index (κ2) is 7.04. The maximum Gasteiger partial charge on any atom is 0.272 e. The smallest absolute Gasteiger partial charge is 0.272 e. The van der Waals surface area contributed by atoms with Crippen molar-refractivity contribution in [3.63, 3.8) is 0 Å². The van der Waals surface area contributed by atoms with Gasteiger partial charge in [-0.2, -0.15) is 11.8 Å². The summed E-state index contributed by atoms with van der Waals surface area (Å²) in [6.07, 6.45) is 6.88. The second-order valence-corrected chi connectivity index (χ2v) is 6.20. The maximum atomic E-state index is 13.4. The molecule has 4 nitrogen and oxygen atoms in total. The van der Waals surface area contributed by atoms with Crippen LogP contribution in [-0.4, -0.2) is 22.5 Å². The molecule has 0 saturated heterocycles. The summed E-state index contributed by atoms with van der Waals surface area (Å²) in [5.41, 5.74) is 0.439. The molecule has 2 rings (SSSR count). The average molecular weight is 298 g/mol. The highest BCUT2D eigenvalue weighted by molar-refractivity contribution is 7.99. The van der Waals surface area contributed by atoms with Gasteiger partial charge in [-0.05, 0) is 30.7 Å². The first kappa shape index (κ1) is 15.3. The molecule has 2 unspecified atom stereocenters. The number of rotatable bonds is 5. The Morgan fingerprint density at radius 3 is 2.85 bits per heavy atom. The molecule has 1 N–H and O–H groups in total. The molecule has 0 amide bonds. The Hall–Kier alpha value is -1.14. The maximum absolute atomic E-state index is 13.4. The van der Waals surface area contributed by atoms with E-state index in [0.717, 1.165) is 12.5 Å². The summed E-state index contributed by atoms with van der Waals surface area (Å²) < 4.78 is 13.4. The first-order valence-electron chi connectivity index (χ1n) is 6.80. The van der Waals surface area contributed by atoms with Gasteiger partial charge in [0, 0.05) is 23.9 Å². The molecule has 1 aliphatic carbocycles. The Bertz CT molecular complexity index is 484. The predicted molar refractivity (Wildman–Crippen MR) is 79.5 cm³/mol. The first-order valence-corrected chi connectivity index (χ1v) is 8.09. The minimum absolute atomic E-state index is 0.188. The van der Waals surface area contributed by atoms with Gasteiger partial charge in [0.2, 0.25) is 0 Å². The Kier molecular flexibility index (Phi) is 5.37. The summed E-state index contributed by atoms with van der Waals surface area (Å²) in [5.74, 6) is -0.555. The average Bonchev–Trinajstić information content (AvgIpc) is 2.44. The summed E-state index contributed by atoms with van der Waals surface area (Å²) in [6, 6.07) is 4.15. The number of benzene rings is 1. The Morgan fingerprint density at radius 2 is 2.15 bits per heavy atom. The van der Waals surface area contributed by atoms with Crippen molar-refractivity contribution in [1.29, 1.82) is 0 Å². The third-order valence-electron chi connectivity index (χ3n) is 3.73. The number of nitro benzene ring substituents is 1. The van der Waals surface area contributed by atoms with E-state index in [1.165, 1.54) is 31.4 Å². The molecule has 1 fully saturated rings. The summed E-state index contributed by atoms with van der Waals surface area (Å²) in [6.45, 7) is 0.473. The molecule has 1 aromatic rings. The predicted octanol–water partition coefficient (Wildman–Crippen LogP) is 3.50. The van der Waals surface area contributed by atoms with Crippen molar-refractivity contribution in [2.24, 2.45) is 0 Å². The molecule has 0 bridgehead atoms. The molecule has 1 aliphatic rings. The largest absolute Gasteiger partial charge is 0.309 e. The van der Waals surface area contributed by atoms with Crippen LogP contribution in [0.2, 0.25) is 0 Å². The number of thioether (sulfide) groups is 1. The highest BCUT2D eigenvalue weighted by Gasteiger charge is 2.23. The van der Waals surface area contributed by atoms with Gasteiger partial charge in [0.1, 0.15) is 5.82 Å². The van der Waals surface area contributed by atoms with Crippen LogP contribution in [0.3, 0.4) is 0 Å². The van der Waals surface area contributed by atoms with Crippen LogP contribution in [0.1, 0.15) is 31.2 Å². The van der Waals surface area contributed by atoms with Crippen LogP contribution in [0.25, 0.3) is 0 Å². The van der Waals surface area contributed by atoms with Crippen molar-refractivity contribution in [1.82, 2.24) is 5.32 Å². The zero-order valence-corrected chi connectivity index (χ0v) is 12.3. The Labute approximate surface area is 122 Å². The minimum Gasteiger partial charge on any atom is -0.309 e. The van der Waals surface area contributed by atoms with E-state index in [9.17, 15) is 14.5 Å². The van der Waals surface area contributed by atoms with E-state index in [1.807, 2.05) is 11.8 Å². The second-order valence-electron chi connectivity index (χ2n) is 5.12. The molecule has 0 aliphatic heterocycles. The van der Waals surface area contributed by atoms with Gasteiger partial charge in [-0.3, -0.25) is 10.1 Å². The fraction of sp³-hybridized carbons (Fsp3) is 0.571. The molecule has 0 heterocycles. The molecule has 2 atom stereocenters. The molecule has 110 valence electrons. The fourth-order valence-electron chi connectivity index (χ4n) is 2.70. The van der Waals surface area contributed by atoms with Gasteiger partial charge in [0.15, 0.2) is 0 Å². The van der Waals surface area contributed by atoms with E-state index in [2.05, 4.69) is 11.6 Å². The molecule has 1 aromatic carbocycles. The van der Waals surface area contributed by atoms with Crippen LogP contribution < -0.4 is 5.32 Å². The van der Waals surface area contributed by atoms with Crippen LogP contribution in [-0.2, 0) is 6.54 Å². The van der Waals surface area contributed by atoms with Crippen molar-refractivity contribution in [3.05, 3.63) is 39.7 Å². The quantitative estimate of drug-likeness (QED) is 0.668. The number of nitro groups is 1. The third kappa shape index (κ3) is 3.93. The van der Waals surface area contributed by atoms with Crippen molar-refractivity contribution >= 4 is 17.4 Å². The normalized spacial score (nSPS) is 22.7. The lowest BCUT2D eigenvalue weighted by Crippen LogP contribution is -2.39. The minimum atomic E-state index is -0.558. The summed E-state index contributed by atoms with van der Waals surface area (Å²) in [7, 11) is 0. The van der Waals surface area contributed by atoms with Gasteiger partial charge in [0.05, 0.1) is 11.0 Å². The van der Waals surface area contributed by atoms with E-state index < -0.39 is 10.7 Å². The van der Waals surface area contributed by atoms with Crippen molar-refractivity contribution in [2.75, 3.05) is 6.26 Å². The lowest BCUT2D eigenvalue weighted by atomic mass is 9.94. The van der Waals surface area contributed by atoms with Crippen molar-refractivity contribution < 1.29 is 9.31 Å². The molecule has 0 spiro atoms. The lowest BCUT2D eigenvalue weighted by Gasteiger charge is -2.31. The number of halogens is 1. The van der Waals surface area contributed by atoms with Gasteiger partial charge in [0.25, 0.3) is 5.69 Å². The molecule has 0 aromatic heterocycles. The van der Waals surface area contributed by atoms with Gasteiger partial charge in [-0.1, -0.05) is 12.8 Å². The number of hydrogen-bond acceptors (Lipinski definition) is 4. The van der Waals surface area contributed by atoms with Crippen LogP contribution >= 0.6 is 11.8 Å². The molecular formula is C14H19FN2O2S. The zero-order chi connectivity index (χ0) is 14.5. The Morgan fingerprint density at radius 1 is 1.40 bits per heavy atom. The summed E-state index contributed by atoms with van der Waals surface area (Å²) in [5, 5.41) is 14.7. The fourth-order valence-corrected chi connectivity index (χ4v) is 3.67. The Balaban J connectivity index is 2.01. The highest BCUT2D eigenvalue weighted by Crippen LogP contribution is 2.27. The van der Waals surface area contributed by atoms with Crippen LogP contribution in [0.4, 0.5) is 10.1 Å². The number of hydrogen-bond donors (Lipinski definition) is 1. The number of nitrogens with one attached hydrogen (secondary N) is 1. The third-order valence-corrected chi connectivity index (χ3v) is 4.90. The van der Waals surface area contributed by atoms with Gasteiger partial charge < -0.3 is 5.32 Å². The summed E-state index contributed by atoms with van der Waals surface area (Å²) >= 11 is 1.86. The van der Waals surface area contributed by atoms with Gasteiger partial charge in [-0.25, -0.2) is 4.39 Å². The van der Waals surface area contributed by atoms with E-state index in [0.29, 0.717) is 23.4 Å². The lowest BCUT2D eigenvalue weighted by molar-refractivity contribution is -0.385. The van der Waals surface area contributed by atoms with Crippen LogP contribution in [0.15, 0.2) is 18.2 Å². The summed E-state index contributed by atoms with van der Waals surface area (Å²) in [4.78, 5) is 10.2. The van der Waals surface area contributed by atoms with Gasteiger partial charge in [-0.15, -0.1) is 0 Å². The molecule has 0 radical (unpaired) electrons. The standard InChI is InChI=1S/C14H19FN2O2S/c1-20-14-5-3-2-4-13(14)16-9-10-6-11(15)8-12(7-10)17(18)19/h6-8,13-14,16H,2-5,9H2,1H3. The van der Waals surface area contributed by atoms with Crippen molar-refractivity contribution in [3.8, 4) is 0 Å². The monoisotopic (exact) mass is 298 g/mol. The van der Waals surface area contributed by atoms with Crippen molar-refractivity contribution in [2.45, 2.75) is 43.5 Å². The topological polar surface area (TPSA) is 55.2 Å². The first-order chi connectivity index (χ1) is 9.60.